The maximum atomic E-state index is 10.3. The predicted octanol–water partition coefficient (Wildman–Crippen LogP) is 1.33. The molecular formula is C20H35NO5. The largest absolute Gasteiger partial charge is 0.394 e. The predicted molar refractivity (Wildman–Crippen MR) is 103 cm³/mol. The lowest BCUT2D eigenvalue weighted by Crippen LogP contribution is -2.48. The highest BCUT2D eigenvalue weighted by molar-refractivity contribution is 5.97. The van der Waals surface area contributed by atoms with Gasteiger partial charge in [0.2, 0.25) is 0 Å². The molecule has 6 heteroatoms. The van der Waals surface area contributed by atoms with E-state index < -0.39 is 31.0 Å². The average Bonchev–Trinajstić information content (AvgIpc) is 2.58. The monoisotopic (exact) mass is 369 g/mol. The molecule has 0 heterocycles. The molecule has 4 N–H and O–H groups in total. The van der Waals surface area contributed by atoms with Crippen LogP contribution in [0.2, 0.25) is 0 Å². The van der Waals surface area contributed by atoms with Gasteiger partial charge in [0, 0.05) is 18.7 Å². The summed E-state index contributed by atoms with van der Waals surface area (Å²) in [5.41, 5.74) is 0.926. The fourth-order valence-corrected chi connectivity index (χ4v) is 3.79. The third kappa shape index (κ3) is 5.72. The van der Waals surface area contributed by atoms with Gasteiger partial charge in [-0.05, 0) is 30.8 Å². The van der Waals surface area contributed by atoms with E-state index in [4.69, 9.17) is 9.84 Å². The Balaban J connectivity index is 2.97. The van der Waals surface area contributed by atoms with Crippen LogP contribution in [0.5, 0.6) is 0 Å². The first-order chi connectivity index (χ1) is 12.2. The number of aliphatic hydroxyl groups is 4. The summed E-state index contributed by atoms with van der Waals surface area (Å²) in [6.07, 6.45) is 4.32. The van der Waals surface area contributed by atoms with Gasteiger partial charge < -0.3 is 25.2 Å². The highest BCUT2D eigenvalue weighted by Gasteiger charge is 2.37. The van der Waals surface area contributed by atoms with Gasteiger partial charge in [-0.3, -0.25) is 4.99 Å². The number of hydrogen-bond donors (Lipinski definition) is 4. The highest BCUT2D eigenvalue weighted by Crippen LogP contribution is 2.41. The third-order valence-corrected chi connectivity index (χ3v) is 5.14. The van der Waals surface area contributed by atoms with E-state index in [1.165, 1.54) is 7.11 Å². The normalized spacial score (nSPS) is 28.1. The molecule has 0 amide bonds. The number of rotatable bonds is 9. The Labute approximate surface area is 156 Å². The highest BCUT2D eigenvalue weighted by atomic mass is 16.5. The van der Waals surface area contributed by atoms with Gasteiger partial charge >= 0.3 is 0 Å². The smallest absolute Gasteiger partial charge is 0.114 e. The molecular weight excluding hydrogens is 334 g/mol. The fraction of sp³-hybridized carbons (Fsp3) is 0.750. The Hall–Kier alpha value is -1.05. The SMILES string of the molecule is C/C=C/C(=NCC(O)C(O)C(OC)C(O)CO)C1C(C)C=CCC1(C)C. The van der Waals surface area contributed by atoms with Crippen molar-refractivity contribution in [1.82, 2.24) is 0 Å². The van der Waals surface area contributed by atoms with Crippen LogP contribution in [0.1, 0.15) is 34.1 Å². The Kier molecular flexibility index (Phi) is 9.13. The van der Waals surface area contributed by atoms with E-state index in [1.54, 1.807) is 0 Å². The quantitative estimate of drug-likeness (QED) is 0.363. The minimum Gasteiger partial charge on any atom is -0.394 e. The van der Waals surface area contributed by atoms with Crippen LogP contribution < -0.4 is 0 Å². The summed E-state index contributed by atoms with van der Waals surface area (Å²) in [6.45, 7) is 7.93. The molecule has 6 nitrogen and oxygen atoms in total. The van der Waals surface area contributed by atoms with Gasteiger partial charge in [0.25, 0.3) is 0 Å². The lowest BCUT2D eigenvalue weighted by molar-refractivity contribution is -0.127. The van der Waals surface area contributed by atoms with Crippen LogP contribution >= 0.6 is 0 Å². The van der Waals surface area contributed by atoms with Crippen LogP contribution in [0.15, 0.2) is 29.3 Å². The second-order valence-corrected chi connectivity index (χ2v) is 7.73. The van der Waals surface area contributed by atoms with Gasteiger partial charge in [-0.15, -0.1) is 0 Å². The topological polar surface area (TPSA) is 103 Å². The molecule has 0 aliphatic heterocycles. The molecule has 0 fully saturated rings. The molecule has 26 heavy (non-hydrogen) atoms. The van der Waals surface area contributed by atoms with Crippen molar-refractivity contribution in [2.75, 3.05) is 20.3 Å². The molecule has 1 aliphatic carbocycles. The molecule has 6 atom stereocenters. The number of aliphatic imine (C=N–C) groups is 1. The van der Waals surface area contributed by atoms with Crippen molar-refractivity contribution in [3.05, 3.63) is 24.3 Å². The fourth-order valence-electron chi connectivity index (χ4n) is 3.79. The zero-order valence-corrected chi connectivity index (χ0v) is 16.5. The lowest BCUT2D eigenvalue weighted by Gasteiger charge is -2.40. The van der Waals surface area contributed by atoms with Crippen LogP contribution in [-0.2, 0) is 4.74 Å². The third-order valence-electron chi connectivity index (χ3n) is 5.14. The molecule has 0 spiro atoms. The van der Waals surface area contributed by atoms with Crippen LogP contribution in [-0.4, -0.2) is 70.8 Å². The first-order valence-electron chi connectivity index (χ1n) is 9.21. The van der Waals surface area contributed by atoms with Crippen LogP contribution in [0.25, 0.3) is 0 Å². The van der Waals surface area contributed by atoms with E-state index in [0.29, 0.717) is 5.92 Å². The molecule has 6 unspecified atom stereocenters. The molecule has 0 radical (unpaired) electrons. The van der Waals surface area contributed by atoms with E-state index in [2.05, 4.69) is 37.9 Å². The van der Waals surface area contributed by atoms with Crippen LogP contribution in [0.4, 0.5) is 0 Å². The first-order valence-corrected chi connectivity index (χ1v) is 9.21. The number of hydrogen-bond acceptors (Lipinski definition) is 6. The minimum absolute atomic E-state index is 0.0120. The van der Waals surface area contributed by atoms with Crippen LogP contribution in [0, 0.1) is 17.3 Å². The van der Waals surface area contributed by atoms with Gasteiger partial charge in [-0.25, -0.2) is 0 Å². The van der Waals surface area contributed by atoms with Crippen LogP contribution in [0.3, 0.4) is 0 Å². The van der Waals surface area contributed by atoms with E-state index in [-0.39, 0.29) is 17.9 Å². The lowest BCUT2D eigenvalue weighted by atomic mass is 9.65. The number of nitrogens with zero attached hydrogens (tertiary/aromatic N) is 1. The number of allylic oxidation sites excluding steroid dienone is 4. The maximum Gasteiger partial charge on any atom is 0.114 e. The molecule has 0 bridgehead atoms. The Morgan fingerprint density at radius 3 is 2.46 bits per heavy atom. The molecule has 0 saturated heterocycles. The zero-order chi connectivity index (χ0) is 19.9. The van der Waals surface area contributed by atoms with Gasteiger partial charge in [0.1, 0.15) is 24.4 Å². The van der Waals surface area contributed by atoms with Crippen molar-refractivity contribution in [3.8, 4) is 0 Å². The van der Waals surface area contributed by atoms with Gasteiger partial charge in [-0.2, -0.15) is 0 Å². The molecule has 0 saturated carbocycles. The molecule has 0 aromatic carbocycles. The van der Waals surface area contributed by atoms with Crippen molar-refractivity contribution < 1.29 is 25.2 Å². The first kappa shape index (κ1) is 23.0. The van der Waals surface area contributed by atoms with E-state index in [0.717, 1.165) is 12.1 Å². The van der Waals surface area contributed by atoms with Crippen molar-refractivity contribution in [3.63, 3.8) is 0 Å². The summed E-state index contributed by atoms with van der Waals surface area (Å²) in [7, 11) is 1.31. The Bertz CT molecular complexity index is 514. The molecule has 150 valence electrons. The Morgan fingerprint density at radius 1 is 1.31 bits per heavy atom. The van der Waals surface area contributed by atoms with Gasteiger partial charge in [-0.1, -0.05) is 39.0 Å². The zero-order valence-electron chi connectivity index (χ0n) is 16.5. The molecule has 1 aliphatic rings. The number of methoxy groups -OCH3 is 1. The van der Waals surface area contributed by atoms with Crippen molar-refractivity contribution in [1.29, 1.82) is 0 Å². The summed E-state index contributed by atoms with van der Waals surface area (Å²) in [6, 6.07) is 0. The van der Waals surface area contributed by atoms with Gasteiger partial charge in [0.15, 0.2) is 0 Å². The van der Waals surface area contributed by atoms with E-state index in [1.807, 2.05) is 19.1 Å². The standard InChI is InChI=1S/C20H35NO5/c1-6-8-14(17-13(2)9-7-10-20(17,3)4)21-11-15(23)18(25)19(26-5)16(24)12-22/h6-9,13,15-19,22-25H,10-12H2,1-5H3/b8-6+,21-14?. The second kappa shape index (κ2) is 10.3. The van der Waals surface area contributed by atoms with Crippen molar-refractivity contribution in [2.45, 2.75) is 58.5 Å². The van der Waals surface area contributed by atoms with Crippen molar-refractivity contribution >= 4 is 5.71 Å². The second-order valence-electron chi connectivity index (χ2n) is 7.73. The minimum atomic E-state index is -1.35. The Morgan fingerprint density at radius 2 is 1.96 bits per heavy atom. The summed E-state index contributed by atoms with van der Waals surface area (Å²) in [5, 5.41) is 39.3. The summed E-state index contributed by atoms with van der Waals surface area (Å²) in [5.74, 6) is 0.521. The van der Waals surface area contributed by atoms with Gasteiger partial charge in [0.05, 0.1) is 13.2 Å². The maximum absolute atomic E-state index is 10.3. The van der Waals surface area contributed by atoms with Crippen molar-refractivity contribution in [2.24, 2.45) is 22.2 Å². The number of aliphatic hydroxyl groups excluding tert-OH is 4. The summed E-state index contributed by atoms with van der Waals surface area (Å²) >= 11 is 0. The van der Waals surface area contributed by atoms with E-state index in [9.17, 15) is 15.3 Å². The summed E-state index contributed by atoms with van der Waals surface area (Å²) < 4.78 is 5.02. The molecule has 1 rings (SSSR count). The average molecular weight is 370 g/mol. The van der Waals surface area contributed by atoms with E-state index >= 15 is 0 Å². The number of ether oxygens (including phenoxy) is 1. The summed E-state index contributed by atoms with van der Waals surface area (Å²) in [4.78, 5) is 4.59. The molecule has 0 aromatic heterocycles. The molecule has 0 aromatic rings.